The molecule has 1 aromatic rings. The molecule has 0 aliphatic heterocycles. The van der Waals surface area contributed by atoms with Crippen LogP contribution in [0, 0.1) is 0 Å². The first-order valence-electron chi connectivity index (χ1n) is 5.57. The maximum absolute atomic E-state index is 10.9. The van der Waals surface area contributed by atoms with Crippen LogP contribution in [0.1, 0.15) is 25.0 Å². The van der Waals surface area contributed by atoms with E-state index in [1.54, 1.807) is 25.1 Å². The van der Waals surface area contributed by atoms with E-state index in [2.05, 4.69) is 0 Å². The molecule has 0 saturated heterocycles. The molecular weight excluding hydrogens is 276 g/mol. The van der Waals surface area contributed by atoms with Crippen LogP contribution in [0.15, 0.2) is 18.2 Å². The lowest BCUT2D eigenvalue weighted by Gasteiger charge is -2.13. The fraction of sp³-hybridized carbons (Fsp3) is 0.500. The number of benzene rings is 1. The summed E-state index contributed by atoms with van der Waals surface area (Å²) in [4.78, 5) is 0. The van der Waals surface area contributed by atoms with Crippen molar-refractivity contribution < 1.29 is 18.3 Å². The van der Waals surface area contributed by atoms with Gasteiger partial charge < -0.3 is 9.84 Å². The average Bonchev–Trinajstić information content (AvgIpc) is 2.24. The Morgan fingerprint density at radius 1 is 1.44 bits per heavy atom. The molecule has 0 aliphatic rings. The quantitative estimate of drug-likeness (QED) is 0.817. The highest BCUT2D eigenvalue weighted by atomic mass is 35.5. The largest absolute Gasteiger partial charge is 0.493 e. The monoisotopic (exact) mass is 292 g/mol. The number of ether oxygens (including phenoxy) is 1. The molecule has 1 unspecified atom stereocenters. The minimum atomic E-state index is -2.96. The second kappa shape index (κ2) is 6.41. The summed E-state index contributed by atoms with van der Waals surface area (Å²) in [5, 5.41) is 10.1. The minimum Gasteiger partial charge on any atom is -0.493 e. The minimum absolute atomic E-state index is 0.0879. The van der Waals surface area contributed by atoms with Crippen LogP contribution < -0.4 is 4.74 Å². The zero-order chi connectivity index (χ0) is 13.8. The van der Waals surface area contributed by atoms with Gasteiger partial charge in [-0.15, -0.1) is 0 Å². The molecular formula is C12H17ClO4S. The van der Waals surface area contributed by atoms with Gasteiger partial charge in [0.05, 0.1) is 18.5 Å². The van der Waals surface area contributed by atoms with Crippen molar-refractivity contribution >= 4 is 21.4 Å². The molecule has 1 aromatic carbocycles. The number of halogens is 1. The Morgan fingerprint density at radius 3 is 2.67 bits per heavy atom. The molecule has 1 rings (SSSR count). The highest BCUT2D eigenvalue weighted by molar-refractivity contribution is 7.90. The number of hydrogen-bond acceptors (Lipinski definition) is 4. The van der Waals surface area contributed by atoms with Gasteiger partial charge in [0.15, 0.2) is 0 Å². The van der Waals surface area contributed by atoms with Gasteiger partial charge in [0, 0.05) is 16.8 Å². The van der Waals surface area contributed by atoms with Crippen LogP contribution in [0.2, 0.25) is 5.02 Å². The molecule has 1 N–H and O–H groups in total. The molecule has 0 fully saturated rings. The maximum Gasteiger partial charge on any atom is 0.147 e. The van der Waals surface area contributed by atoms with E-state index in [9.17, 15) is 13.5 Å². The van der Waals surface area contributed by atoms with Crippen LogP contribution >= 0.6 is 11.6 Å². The van der Waals surface area contributed by atoms with E-state index in [0.717, 1.165) is 0 Å². The van der Waals surface area contributed by atoms with Crippen LogP contribution in [0.3, 0.4) is 0 Å². The summed E-state index contributed by atoms with van der Waals surface area (Å²) in [5.41, 5.74) is 0.599. The highest BCUT2D eigenvalue weighted by Gasteiger charge is 2.10. The smallest absolute Gasteiger partial charge is 0.147 e. The van der Waals surface area contributed by atoms with Crippen molar-refractivity contribution in [3.63, 3.8) is 0 Å². The standard InChI is InChI=1S/C12H17ClO4S/c1-9(14)11-8-10(13)4-5-12(11)17-6-3-7-18(2,15)16/h4-5,8-9,14H,3,6-7H2,1-2H3. The predicted octanol–water partition coefficient (Wildman–Crippen LogP) is 2.21. The first kappa shape index (κ1) is 15.3. The molecule has 0 aliphatic carbocycles. The zero-order valence-electron chi connectivity index (χ0n) is 10.4. The summed E-state index contributed by atoms with van der Waals surface area (Å²) in [6, 6.07) is 4.97. The molecule has 4 nitrogen and oxygen atoms in total. The first-order chi connectivity index (χ1) is 8.29. The molecule has 0 radical (unpaired) electrons. The van der Waals surface area contributed by atoms with Crippen LogP contribution in [0.25, 0.3) is 0 Å². The Bertz CT molecular complexity index is 497. The van der Waals surface area contributed by atoms with Crippen molar-refractivity contribution in [2.45, 2.75) is 19.4 Å². The first-order valence-corrected chi connectivity index (χ1v) is 8.01. The van der Waals surface area contributed by atoms with Crippen molar-refractivity contribution in [2.75, 3.05) is 18.6 Å². The SMILES string of the molecule is CC(O)c1cc(Cl)ccc1OCCCS(C)(=O)=O. The third-order valence-electron chi connectivity index (χ3n) is 2.34. The van der Waals surface area contributed by atoms with Gasteiger partial charge in [-0.25, -0.2) is 8.42 Å². The second-order valence-corrected chi connectivity index (χ2v) is 6.89. The van der Waals surface area contributed by atoms with Crippen LogP contribution in [-0.2, 0) is 9.84 Å². The zero-order valence-corrected chi connectivity index (χ0v) is 12.0. The molecule has 0 aromatic heterocycles. The normalized spacial score (nSPS) is 13.3. The third-order valence-corrected chi connectivity index (χ3v) is 3.60. The molecule has 0 saturated carbocycles. The number of aliphatic hydroxyl groups is 1. The van der Waals surface area contributed by atoms with Crippen molar-refractivity contribution in [3.8, 4) is 5.75 Å². The molecule has 0 amide bonds. The molecule has 0 heterocycles. The average molecular weight is 293 g/mol. The molecule has 1 atom stereocenters. The van der Waals surface area contributed by atoms with Crippen LogP contribution in [0.4, 0.5) is 0 Å². The van der Waals surface area contributed by atoms with Crippen molar-refractivity contribution in [1.29, 1.82) is 0 Å². The summed E-state index contributed by atoms with van der Waals surface area (Å²) >= 11 is 5.84. The summed E-state index contributed by atoms with van der Waals surface area (Å²) in [5.74, 6) is 0.618. The van der Waals surface area contributed by atoms with Crippen molar-refractivity contribution in [3.05, 3.63) is 28.8 Å². The van der Waals surface area contributed by atoms with E-state index in [1.807, 2.05) is 0 Å². The number of aliphatic hydroxyl groups excluding tert-OH is 1. The number of sulfone groups is 1. The Balaban J connectivity index is 2.62. The number of hydrogen-bond donors (Lipinski definition) is 1. The van der Waals surface area contributed by atoms with E-state index < -0.39 is 15.9 Å². The van der Waals surface area contributed by atoms with Gasteiger partial charge in [-0.3, -0.25) is 0 Å². The van der Waals surface area contributed by atoms with E-state index in [1.165, 1.54) is 6.26 Å². The van der Waals surface area contributed by atoms with Gasteiger partial charge in [0.25, 0.3) is 0 Å². The summed E-state index contributed by atoms with van der Waals surface area (Å²) in [7, 11) is -2.96. The number of rotatable bonds is 6. The van der Waals surface area contributed by atoms with E-state index >= 15 is 0 Å². The fourth-order valence-corrected chi connectivity index (χ4v) is 2.30. The highest BCUT2D eigenvalue weighted by Crippen LogP contribution is 2.28. The molecule has 18 heavy (non-hydrogen) atoms. The Kier molecular flexibility index (Phi) is 5.44. The summed E-state index contributed by atoms with van der Waals surface area (Å²) in [6.45, 7) is 1.91. The van der Waals surface area contributed by atoms with Gasteiger partial charge in [-0.1, -0.05) is 11.6 Å². The Hall–Kier alpha value is -0.780. The van der Waals surface area contributed by atoms with Gasteiger partial charge in [-0.2, -0.15) is 0 Å². The lowest BCUT2D eigenvalue weighted by atomic mass is 10.1. The van der Waals surface area contributed by atoms with Crippen molar-refractivity contribution in [1.82, 2.24) is 0 Å². The molecule has 102 valence electrons. The predicted molar refractivity (Wildman–Crippen MR) is 71.9 cm³/mol. The fourth-order valence-electron chi connectivity index (χ4n) is 1.48. The van der Waals surface area contributed by atoms with Gasteiger partial charge >= 0.3 is 0 Å². The van der Waals surface area contributed by atoms with Crippen molar-refractivity contribution in [2.24, 2.45) is 0 Å². The molecule has 0 spiro atoms. The third kappa shape index (κ3) is 5.25. The van der Waals surface area contributed by atoms with Crippen LogP contribution in [0.5, 0.6) is 5.75 Å². The van der Waals surface area contributed by atoms with E-state index in [0.29, 0.717) is 22.8 Å². The topological polar surface area (TPSA) is 63.6 Å². The Labute approximate surface area is 112 Å². The summed E-state index contributed by atoms with van der Waals surface area (Å²) < 4.78 is 27.4. The lowest BCUT2D eigenvalue weighted by molar-refractivity contribution is 0.191. The van der Waals surface area contributed by atoms with Crippen LogP contribution in [-0.4, -0.2) is 32.1 Å². The van der Waals surface area contributed by atoms with Gasteiger partial charge in [-0.05, 0) is 31.5 Å². The van der Waals surface area contributed by atoms with E-state index in [-0.39, 0.29) is 12.4 Å². The van der Waals surface area contributed by atoms with Gasteiger partial charge in [0.1, 0.15) is 15.6 Å². The van der Waals surface area contributed by atoms with E-state index in [4.69, 9.17) is 16.3 Å². The summed E-state index contributed by atoms with van der Waals surface area (Å²) in [6.07, 6.45) is 0.922. The molecule has 0 bridgehead atoms. The lowest BCUT2D eigenvalue weighted by Crippen LogP contribution is -2.09. The molecule has 6 heteroatoms. The van der Waals surface area contributed by atoms with Gasteiger partial charge in [0.2, 0.25) is 0 Å². The second-order valence-electron chi connectivity index (χ2n) is 4.19. The maximum atomic E-state index is 10.9. The Morgan fingerprint density at radius 2 is 2.11 bits per heavy atom.